The van der Waals surface area contributed by atoms with E-state index in [0.29, 0.717) is 0 Å². The summed E-state index contributed by atoms with van der Waals surface area (Å²) in [6.45, 7) is 5.29. The first-order valence-corrected chi connectivity index (χ1v) is 6.99. The van der Waals surface area contributed by atoms with Crippen molar-refractivity contribution in [2.75, 3.05) is 0 Å². The van der Waals surface area contributed by atoms with Crippen LogP contribution in [0.4, 0.5) is 0 Å². The van der Waals surface area contributed by atoms with Gasteiger partial charge < -0.3 is 9.52 Å². The number of hydrogen-bond donors (Lipinski definition) is 1. The first-order chi connectivity index (χ1) is 7.74. The number of carboxylic acids is 1. The highest BCUT2D eigenvalue weighted by Crippen LogP contribution is 2.18. The molecule has 17 heavy (non-hydrogen) atoms. The molecule has 96 valence electrons. The zero-order valence-electron chi connectivity index (χ0n) is 10.0. The van der Waals surface area contributed by atoms with E-state index in [1.54, 1.807) is 6.92 Å². The largest absolute Gasteiger partial charge is 0.475 e. The Kier molecular flexibility index (Phi) is 3.98. The third-order valence-electron chi connectivity index (χ3n) is 2.72. The summed E-state index contributed by atoms with van der Waals surface area (Å²) in [5.41, 5.74) is 0. The molecule has 0 radical (unpaired) electrons. The minimum absolute atomic E-state index is 0.00825. The van der Waals surface area contributed by atoms with Crippen LogP contribution in [0.3, 0.4) is 0 Å². The lowest BCUT2D eigenvalue weighted by atomic mass is 10.2. The van der Waals surface area contributed by atoms with Crippen molar-refractivity contribution in [3.05, 3.63) is 23.7 Å². The number of aromatic carboxylic acids is 1. The van der Waals surface area contributed by atoms with Gasteiger partial charge in [0.15, 0.2) is 9.84 Å². The molecular weight excluding hydrogens is 244 g/mol. The fourth-order valence-electron chi connectivity index (χ4n) is 1.31. The van der Waals surface area contributed by atoms with Crippen LogP contribution in [0.5, 0.6) is 0 Å². The van der Waals surface area contributed by atoms with E-state index in [0.717, 1.165) is 0 Å². The highest BCUT2D eigenvalue weighted by atomic mass is 32.2. The van der Waals surface area contributed by atoms with Crippen LogP contribution in [-0.4, -0.2) is 24.7 Å². The van der Waals surface area contributed by atoms with Gasteiger partial charge in [0.1, 0.15) is 11.5 Å². The van der Waals surface area contributed by atoms with E-state index in [4.69, 9.17) is 9.52 Å². The molecule has 0 aliphatic heterocycles. The average molecular weight is 260 g/mol. The molecule has 1 aromatic rings. The quantitative estimate of drug-likeness (QED) is 0.874. The van der Waals surface area contributed by atoms with Crippen LogP contribution in [0, 0.1) is 5.92 Å². The molecule has 0 saturated heterocycles. The molecule has 0 bridgehead atoms. The molecule has 1 rings (SSSR count). The standard InChI is InChI=1S/C11H16O5S/c1-7(2)8(3)17(14,15)6-9-4-5-10(16-9)11(12)13/h4-5,7-8H,6H2,1-3H3,(H,12,13). The van der Waals surface area contributed by atoms with Gasteiger partial charge in [0, 0.05) is 0 Å². The molecule has 0 amide bonds. The summed E-state index contributed by atoms with van der Waals surface area (Å²) in [5, 5.41) is 8.17. The molecule has 0 fully saturated rings. The fourth-order valence-corrected chi connectivity index (χ4v) is 2.96. The predicted molar refractivity (Wildman–Crippen MR) is 62.6 cm³/mol. The van der Waals surface area contributed by atoms with E-state index in [9.17, 15) is 13.2 Å². The van der Waals surface area contributed by atoms with E-state index in [-0.39, 0.29) is 23.2 Å². The van der Waals surface area contributed by atoms with Gasteiger partial charge in [-0.05, 0) is 25.0 Å². The molecule has 6 heteroatoms. The molecule has 5 nitrogen and oxygen atoms in total. The van der Waals surface area contributed by atoms with Crippen molar-refractivity contribution in [2.24, 2.45) is 5.92 Å². The maximum absolute atomic E-state index is 11.9. The zero-order valence-corrected chi connectivity index (χ0v) is 10.8. The Morgan fingerprint density at radius 1 is 1.35 bits per heavy atom. The van der Waals surface area contributed by atoms with Gasteiger partial charge >= 0.3 is 5.97 Å². The molecule has 1 N–H and O–H groups in total. The number of hydrogen-bond acceptors (Lipinski definition) is 4. The van der Waals surface area contributed by atoms with Crippen LogP contribution in [0.15, 0.2) is 16.5 Å². The Bertz CT molecular complexity index is 498. The number of sulfone groups is 1. The van der Waals surface area contributed by atoms with E-state index >= 15 is 0 Å². The van der Waals surface area contributed by atoms with Crippen LogP contribution in [0.2, 0.25) is 0 Å². The highest BCUT2D eigenvalue weighted by Gasteiger charge is 2.25. The highest BCUT2D eigenvalue weighted by molar-refractivity contribution is 7.91. The summed E-state index contributed by atoms with van der Waals surface area (Å²) in [7, 11) is -3.31. The topological polar surface area (TPSA) is 84.6 Å². The first-order valence-electron chi connectivity index (χ1n) is 5.27. The number of carboxylic acid groups (broad SMARTS) is 1. The van der Waals surface area contributed by atoms with Crippen molar-refractivity contribution in [1.29, 1.82) is 0 Å². The van der Waals surface area contributed by atoms with E-state index in [2.05, 4.69) is 0 Å². The van der Waals surface area contributed by atoms with Crippen molar-refractivity contribution in [3.8, 4) is 0 Å². The lowest BCUT2D eigenvalue weighted by Crippen LogP contribution is -2.24. The molecule has 1 heterocycles. The van der Waals surface area contributed by atoms with Gasteiger partial charge in [0.2, 0.25) is 5.76 Å². The lowest BCUT2D eigenvalue weighted by molar-refractivity contribution is 0.0660. The minimum Gasteiger partial charge on any atom is -0.475 e. The SMILES string of the molecule is CC(C)C(C)S(=O)(=O)Cc1ccc(C(=O)O)o1. The van der Waals surface area contributed by atoms with Crippen molar-refractivity contribution in [2.45, 2.75) is 31.8 Å². The molecule has 0 spiro atoms. The molecule has 0 aliphatic rings. The van der Waals surface area contributed by atoms with Crippen molar-refractivity contribution < 1.29 is 22.7 Å². The summed E-state index contributed by atoms with van der Waals surface area (Å²) >= 11 is 0. The Morgan fingerprint density at radius 2 is 1.94 bits per heavy atom. The first kappa shape index (κ1) is 13.8. The van der Waals surface area contributed by atoms with Crippen LogP contribution in [0.25, 0.3) is 0 Å². The Balaban J connectivity index is 2.87. The second-order valence-electron chi connectivity index (χ2n) is 4.33. The summed E-state index contributed by atoms with van der Waals surface area (Å²) in [6.07, 6.45) is 0. The summed E-state index contributed by atoms with van der Waals surface area (Å²) in [5.74, 6) is -1.54. The van der Waals surface area contributed by atoms with Gasteiger partial charge in [0.05, 0.1) is 5.25 Å². The molecular formula is C11H16O5S. The minimum atomic E-state index is -3.31. The molecule has 0 aromatic carbocycles. The van der Waals surface area contributed by atoms with Crippen LogP contribution >= 0.6 is 0 Å². The maximum atomic E-state index is 11.9. The van der Waals surface area contributed by atoms with Crippen LogP contribution in [0.1, 0.15) is 37.1 Å². The third-order valence-corrected chi connectivity index (χ3v) is 5.09. The number of furan rings is 1. The van der Waals surface area contributed by atoms with Crippen molar-refractivity contribution in [3.63, 3.8) is 0 Å². The van der Waals surface area contributed by atoms with Gasteiger partial charge in [0.25, 0.3) is 0 Å². The predicted octanol–water partition coefficient (Wildman–Crippen LogP) is 1.94. The summed E-state index contributed by atoms with van der Waals surface area (Å²) in [4.78, 5) is 10.6. The number of carbonyl (C=O) groups is 1. The molecule has 0 saturated carbocycles. The van der Waals surface area contributed by atoms with Crippen LogP contribution in [-0.2, 0) is 15.6 Å². The molecule has 1 atom stereocenters. The van der Waals surface area contributed by atoms with Crippen LogP contribution < -0.4 is 0 Å². The Morgan fingerprint density at radius 3 is 2.35 bits per heavy atom. The summed E-state index contributed by atoms with van der Waals surface area (Å²) in [6, 6.07) is 2.64. The normalized spacial score (nSPS) is 13.9. The molecule has 1 unspecified atom stereocenters. The van der Waals surface area contributed by atoms with E-state index in [1.165, 1.54) is 12.1 Å². The second kappa shape index (κ2) is 4.91. The second-order valence-corrected chi connectivity index (χ2v) is 6.69. The third kappa shape index (κ3) is 3.33. The number of rotatable bonds is 5. The monoisotopic (exact) mass is 260 g/mol. The average Bonchev–Trinajstić information content (AvgIpc) is 2.64. The van der Waals surface area contributed by atoms with Gasteiger partial charge in [-0.3, -0.25) is 0 Å². The Hall–Kier alpha value is -1.30. The smallest absolute Gasteiger partial charge is 0.371 e. The zero-order chi connectivity index (χ0) is 13.2. The molecule has 1 aromatic heterocycles. The fraction of sp³-hybridized carbons (Fsp3) is 0.545. The van der Waals surface area contributed by atoms with Gasteiger partial charge in [-0.15, -0.1) is 0 Å². The van der Waals surface area contributed by atoms with Crippen molar-refractivity contribution >= 4 is 15.8 Å². The van der Waals surface area contributed by atoms with Crippen molar-refractivity contribution in [1.82, 2.24) is 0 Å². The maximum Gasteiger partial charge on any atom is 0.371 e. The van der Waals surface area contributed by atoms with Gasteiger partial charge in [-0.2, -0.15) is 0 Å². The van der Waals surface area contributed by atoms with Gasteiger partial charge in [-0.1, -0.05) is 13.8 Å². The lowest BCUT2D eigenvalue weighted by Gasteiger charge is -2.15. The van der Waals surface area contributed by atoms with Gasteiger partial charge in [-0.25, -0.2) is 13.2 Å². The Labute approximate surface area is 100 Å². The van der Waals surface area contributed by atoms with E-state index < -0.39 is 21.1 Å². The summed E-state index contributed by atoms with van der Waals surface area (Å²) < 4.78 is 28.8. The molecule has 0 aliphatic carbocycles. The van der Waals surface area contributed by atoms with E-state index in [1.807, 2.05) is 13.8 Å².